The number of H-pyrrole nitrogens is 1. The van der Waals surface area contributed by atoms with Crippen molar-refractivity contribution in [3.05, 3.63) is 41.0 Å². The second-order valence-corrected chi connectivity index (χ2v) is 3.71. The van der Waals surface area contributed by atoms with E-state index in [9.17, 15) is 9.18 Å². The second kappa shape index (κ2) is 6.40. The van der Waals surface area contributed by atoms with Gasteiger partial charge in [0.1, 0.15) is 5.82 Å². The first kappa shape index (κ1) is 13.6. The number of aromatic nitrogens is 4. The Balaban J connectivity index is 2.17. The van der Waals surface area contributed by atoms with Crippen molar-refractivity contribution < 1.29 is 9.18 Å². The third-order valence-electron chi connectivity index (χ3n) is 2.35. The van der Waals surface area contributed by atoms with Gasteiger partial charge in [0.2, 0.25) is 0 Å². The number of rotatable bonds is 3. The summed E-state index contributed by atoms with van der Waals surface area (Å²) in [6.45, 7) is 0.233. The Hall–Kier alpha value is -2.79. The molecule has 0 spiro atoms. The van der Waals surface area contributed by atoms with Crippen LogP contribution in [0.2, 0.25) is 0 Å². The fourth-order valence-electron chi connectivity index (χ4n) is 1.47. The van der Waals surface area contributed by atoms with Crippen molar-refractivity contribution in [1.29, 1.82) is 0 Å². The molecule has 0 saturated heterocycles. The highest BCUT2D eigenvalue weighted by molar-refractivity contribution is 5.96. The summed E-state index contributed by atoms with van der Waals surface area (Å²) in [7, 11) is 0. The number of hydrogen-bond donors (Lipinski definition) is 3. The molecule has 1 heterocycles. The zero-order valence-corrected chi connectivity index (χ0v) is 10.4. The summed E-state index contributed by atoms with van der Waals surface area (Å²) in [6, 6.07) is 3.78. The summed E-state index contributed by atoms with van der Waals surface area (Å²) in [4.78, 5) is 12.0. The van der Waals surface area contributed by atoms with Crippen LogP contribution >= 0.6 is 0 Å². The highest BCUT2D eigenvalue weighted by Crippen LogP contribution is 2.10. The average Bonchev–Trinajstić information content (AvgIpc) is 2.96. The Labute approximate surface area is 113 Å². The smallest absolute Gasteiger partial charge is 0.253 e. The Morgan fingerprint density at radius 3 is 3.05 bits per heavy atom. The van der Waals surface area contributed by atoms with Gasteiger partial charge in [0.25, 0.3) is 5.91 Å². The van der Waals surface area contributed by atoms with Gasteiger partial charge in [0, 0.05) is 5.56 Å². The average molecular weight is 274 g/mol. The fourth-order valence-corrected chi connectivity index (χ4v) is 1.47. The molecule has 7 nitrogen and oxygen atoms in total. The number of nitrogens with two attached hydrogens (primary N) is 1. The van der Waals surface area contributed by atoms with Gasteiger partial charge in [0.15, 0.2) is 5.82 Å². The molecule has 1 aromatic heterocycles. The first-order valence-electron chi connectivity index (χ1n) is 5.69. The molecule has 0 radical (unpaired) electrons. The number of benzene rings is 1. The van der Waals surface area contributed by atoms with Crippen LogP contribution < -0.4 is 11.1 Å². The van der Waals surface area contributed by atoms with Gasteiger partial charge in [-0.1, -0.05) is 17.1 Å². The lowest BCUT2D eigenvalue weighted by Crippen LogP contribution is -2.24. The maximum Gasteiger partial charge on any atom is 0.253 e. The summed E-state index contributed by atoms with van der Waals surface area (Å²) in [5.41, 5.74) is 5.82. The van der Waals surface area contributed by atoms with Crippen molar-refractivity contribution >= 4 is 5.91 Å². The van der Waals surface area contributed by atoms with Gasteiger partial charge in [-0.25, -0.2) is 4.39 Å². The fraction of sp³-hybridized carbons (Fsp3) is 0.167. The van der Waals surface area contributed by atoms with E-state index < -0.39 is 11.7 Å². The maximum absolute atomic E-state index is 13.3. The summed E-state index contributed by atoms with van der Waals surface area (Å²) in [5.74, 6) is 4.67. The van der Waals surface area contributed by atoms with E-state index in [0.717, 1.165) is 6.07 Å². The monoisotopic (exact) mass is 274 g/mol. The number of nitrogens with one attached hydrogen (secondary N) is 2. The minimum atomic E-state index is -0.520. The molecule has 0 bridgehead atoms. The normalized spacial score (nSPS) is 9.70. The zero-order chi connectivity index (χ0) is 14.4. The molecule has 0 aliphatic carbocycles. The number of amides is 1. The maximum atomic E-state index is 13.3. The van der Waals surface area contributed by atoms with Crippen LogP contribution in [0.25, 0.3) is 0 Å². The molecule has 0 atom stereocenters. The molecule has 1 aromatic carbocycles. The first-order chi connectivity index (χ1) is 9.70. The van der Waals surface area contributed by atoms with Crippen molar-refractivity contribution in [3.63, 3.8) is 0 Å². The topological polar surface area (TPSA) is 110 Å². The van der Waals surface area contributed by atoms with Gasteiger partial charge in [-0.3, -0.25) is 4.79 Å². The Bertz CT molecular complexity index is 658. The van der Waals surface area contributed by atoms with Crippen molar-refractivity contribution in [2.75, 3.05) is 6.54 Å². The minimum absolute atomic E-state index is 0.0790. The molecule has 2 aromatic rings. The number of tetrazole rings is 1. The highest BCUT2D eigenvalue weighted by atomic mass is 19.1. The summed E-state index contributed by atoms with van der Waals surface area (Å²) < 4.78 is 13.3. The van der Waals surface area contributed by atoms with E-state index in [-0.39, 0.29) is 18.7 Å². The van der Waals surface area contributed by atoms with E-state index >= 15 is 0 Å². The summed E-state index contributed by atoms with van der Waals surface area (Å²) >= 11 is 0. The lowest BCUT2D eigenvalue weighted by Gasteiger charge is -2.05. The van der Waals surface area contributed by atoms with Gasteiger partial charge in [-0.2, -0.15) is 5.21 Å². The standard InChI is InChI=1S/C12H11FN6O/c13-9-4-3-8(2-1-5-14)10(6-9)12(20)15-7-11-16-18-19-17-11/h3-4,6H,5,7,14H2,(H,15,20)(H,16,17,18,19). The van der Waals surface area contributed by atoms with Crippen LogP contribution in [0.4, 0.5) is 4.39 Å². The number of halogens is 1. The van der Waals surface area contributed by atoms with E-state index in [2.05, 4.69) is 37.8 Å². The lowest BCUT2D eigenvalue weighted by atomic mass is 10.1. The van der Waals surface area contributed by atoms with E-state index in [1.54, 1.807) is 0 Å². The number of aromatic amines is 1. The van der Waals surface area contributed by atoms with Crippen LogP contribution in [-0.4, -0.2) is 33.1 Å². The van der Waals surface area contributed by atoms with Crippen LogP contribution in [-0.2, 0) is 6.54 Å². The second-order valence-electron chi connectivity index (χ2n) is 3.71. The Morgan fingerprint density at radius 1 is 1.50 bits per heavy atom. The van der Waals surface area contributed by atoms with Gasteiger partial charge in [0.05, 0.1) is 18.7 Å². The minimum Gasteiger partial charge on any atom is -0.345 e. The van der Waals surface area contributed by atoms with Crippen molar-refractivity contribution in [2.24, 2.45) is 5.73 Å². The molecule has 2 rings (SSSR count). The third kappa shape index (κ3) is 3.37. The van der Waals surface area contributed by atoms with E-state index in [4.69, 9.17) is 5.73 Å². The summed E-state index contributed by atoms with van der Waals surface area (Å²) in [6.07, 6.45) is 0. The molecule has 1 amide bonds. The van der Waals surface area contributed by atoms with Crippen molar-refractivity contribution in [1.82, 2.24) is 25.9 Å². The lowest BCUT2D eigenvalue weighted by molar-refractivity contribution is 0.0949. The molecule has 0 unspecified atom stereocenters. The number of nitrogens with zero attached hydrogens (tertiary/aromatic N) is 3. The van der Waals surface area contributed by atoms with Gasteiger partial charge < -0.3 is 11.1 Å². The van der Waals surface area contributed by atoms with Crippen LogP contribution in [0, 0.1) is 17.7 Å². The van der Waals surface area contributed by atoms with Crippen LogP contribution in [0.1, 0.15) is 21.7 Å². The molecule has 0 aliphatic heterocycles. The molecule has 8 heteroatoms. The molecule has 20 heavy (non-hydrogen) atoms. The van der Waals surface area contributed by atoms with Crippen LogP contribution in [0.5, 0.6) is 0 Å². The summed E-state index contributed by atoms with van der Waals surface area (Å²) in [5, 5.41) is 15.6. The Kier molecular flexibility index (Phi) is 4.36. The molecule has 4 N–H and O–H groups in total. The molecule has 0 saturated carbocycles. The zero-order valence-electron chi connectivity index (χ0n) is 10.4. The van der Waals surface area contributed by atoms with E-state index in [1.807, 2.05) is 0 Å². The molecule has 0 fully saturated rings. The SMILES string of the molecule is NCC#Cc1ccc(F)cc1C(=O)NCc1nn[nH]n1. The first-order valence-corrected chi connectivity index (χ1v) is 5.69. The molecule has 0 aliphatic rings. The van der Waals surface area contributed by atoms with E-state index in [0.29, 0.717) is 11.4 Å². The van der Waals surface area contributed by atoms with Gasteiger partial charge in [-0.15, -0.1) is 10.2 Å². The molecular formula is C12H11FN6O. The number of carbonyl (C=O) groups excluding carboxylic acids is 1. The number of hydrogen-bond acceptors (Lipinski definition) is 5. The van der Waals surface area contributed by atoms with Crippen LogP contribution in [0.3, 0.4) is 0 Å². The van der Waals surface area contributed by atoms with Crippen molar-refractivity contribution in [2.45, 2.75) is 6.54 Å². The molecular weight excluding hydrogens is 263 g/mol. The predicted molar refractivity (Wildman–Crippen MR) is 67.7 cm³/mol. The largest absolute Gasteiger partial charge is 0.345 e. The van der Waals surface area contributed by atoms with Gasteiger partial charge >= 0.3 is 0 Å². The predicted octanol–water partition coefficient (Wildman–Crippen LogP) is -0.421. The van der Waals surface area contributed by atoms with Crippen molar-refractivity contribution in [3.8, 4) is 11.8 Å². The molecule has 102 valence electrons. The highest BCUT2D eigenvalue weighted by Gasteiger charge is 2.12. The van der Waals surface area contributed by atoms with Gasteiger partial charge in [-0.05, 0) is 18.2 Å². The van der Waals surface area contributed by atoms with Crippen LogP contribution in [0.15, 0.2) is 18.2 Å². The quantitative estimate of drug-likeness (QED) is 0.658. The number of carbonyl (C=O) groups is 1. The van der Waals surface area contributed by atoms with E-state index in [1.165, 1.54) is 12.1 Å². The third-order valence-corrected chi connectivity index (χ3v) is 2.35. The Morgan fingerprint density at radius 2 is 2.35 bits per heavy atom.